The molecule has 0 aliphatic rings. The van der Waals surface area contributed by atoms with E-state index in [0.717, 1.165) is 43.4 Å². The molecule has 2 N–H and O–H groups in total. The first-order valence-electron chi connectivity index (χ1n) is 13.7. The van der Waals surface area contributed by atoms with E-state index in [0.29, 0.717) is 18.6 Å². The van der Waals surface area contributed by atoms with E-state index in [9.17, 15) is 9.59 Å². The molecule has 3 aromatic carbocycles. The molecule has 3 aromatic rings. The molecule has 5 nitrogen and oxygen atoms in total. The van der Waals surface area contributed by atoms with Crippen LogP contribution in [0.5, 0.6) is 0 Å². The summed E-state index contributed by atoms with van der Waals surface area (Å²) >= 11 is 1.66. The second-order valence-corrected chi connectivity index (χ2v) is 10.3. The van der Waals surface area contributed by atoms with E-state index in [1.165, 1.54) is 16.7 Å². The molecule has 0 radical (unpaired) electrons. The number of carboxylic acid groups (broad SMARTS) is 1. The number of amides is 1. The zero-order valence-corrected chi connectivity index (χ0v) is 24.2. The monoisotopic (exact) mass is 561 g/mol. The van der Waals surface area contributed by atoms with Crippen molar-refractivity contribution in [3.8, 4) is 0 Å². The molecule has 0 fully saturated rings. The van der Waals surface area contributed by atoms with Crippen LogP contribution >= 0.6 is 11.8 Å². The normalized spacial score (nSPS) is 10.7. The third-order valence-corrected chi connectivity index (χ3v) is 7.33. The molecule has 0 aliphatic heterocycles. The molecule has 214 valence electrons. The quantitative estimate of drug-likeness (QED) is 0.107. The second-order valence-electron chi connectivity index (χ2n) is 9.21. The van der Waals surface area contributed by atoms with Gasteiger partial charge in [-0.15, -0.1) is 24.9 Å². The lowest BCUT2D eigenvalue weighted by Gasteiger charge is -2.18. The van der Waals surface area contributed by atoms with Gasteiger partial charge in [-0.05, 0) is 60.9 Å². The van der Waals surface area contributed by atoms with Crippen molar-refractivity contribution in [2.75, 3.05) is 5.75 Å². The number of carbonyl (C=O) groups excluding carboxylic acids is 2. The molecule has 1 unspecified atom stereocenters. The molecule has 3 rings (SSSR count). The minimum atomic E-state index is -0.831. The largest absolute Gasteiger partial charge is 0.481 e. The number of carboxylic acids is 1. The fraction of sp³-hybridized carbons (Fsp3) is 0.324. The summed E-state index contributed by atoms with van der Waals surface area (Å²) in [5, 5.41) is 12.2. The maximum atomic E-state index is 12.5. The molecule has 0 saturated heterocycles. The van der Waals surface area contributed by atoms with Crippen LogP contribution in [0.2, 0.25) is 0 Å². The van der Waals surface area contributed by atoms with Crippen LogP contribution in [0, 0.1) is 0 Å². The molecule has 0 heterocycles. The summed E-state index contributed by atoms with van der Waals surface area (Å²) in [6, 6.07) is 29.2. The van der Waals surface area contributed by atoms with Crippen molar-refractivity contribution >= 4 is 30.4 Å². The van der Waals surface area contributed by atoms with Gasteiger partial charge in [-0.25, -0.2) is 0 Å². The highest BCUT2D eigenvalue weighted by Gasteiger charge is 2.15. The van der Waals surface area contributed by atoms with Crippen LogP contribution in [-0.4, -0.2) is 35.6 Å². The summed E-state index contributed by atoms with van der Waals surface area (Å²) in [4.78, 5) is 32.7. The molecular weight excluding hydrogens is 518 g/mol. The van der Waals surface area contributed by atoms with Crippen molar-refractivity contribution in [3.05, 3.63) is 115 Å². The number of nitrogens with one attached hydrogen (secondary N) is 1. The maximum Gasteiger partial charge on any atom is 0.303 e. The Labute approximate surface area is 244 Å². The number of benzene rings is 3. The van der Waals surface area contributed by atoms with Gasteiger partial charge < -0.3 is 15.2 Å². The lowest BCUT2D eigenvalue weighted by atomic mass is 10.1. The van der Waals surface area contributed by atoms with Gasteiger partial charge in [0.05, 0.1) is 0 Å². The van der Waals surface area contributed by atoms with Gasteiger partial charge in [0.25, 0.3) is 0 Å². The van der Waals surface area contributed by atoms with Gasteiger partial charge in [-0.1, -0.05) is 85.6 Å². The number of thioether (sulfide) groups is 1. The third-order valence-electron chi connectivity index (χ3n) is 6.16. The third kappa shape index (κ3) is 15.7. The molecule has 0 spiro atoms. The topological polar surface area (TPSA) is 83.5 Å². The standard InChI is InChI=1S/C31H37NO3S.C2H4.CH2O/c33-30(16-10-2-1-5-11-25-12-6-3-7-13-25)32-28(19-22-31(34)35)24-36-29-20-17-27(18-21-29)23-26-14-8-4-9-15-26;2*1-2/h3-4,6-9,12-15,17-18,20-21,28H,1-2,5,10-11,16,19,22-24H2,(H,32,33)(H,34,35);1-2H2;1H2. The van der Waals surface area contributed by atoms with Gasteiger partial charge in [-0.2, -0.15) is 0 Å². The zero-order valence-electron chi connectivity index (χ0n) is 23.4. The van der Waals surface area contributed by atoms with E-state index in [-0.39, 0.29) is 18.4 Å². The second kappa shape index (κ2) is 22.2. The predicted molar refractivity (Wildman–Crippen MR) is 167 cm³/mol. The minimum Gasteiger partial charge on any atom is -0.481 e. The smallest absolute Gasteiger partial charge is 0.303 e. The van der Waals surface area contributed by atoms with Gasteiger partial charge in [0, 0.05) is 29.5 Å². The fourth-order valence-corrected chi connectivity index (χ4v) is 5.11. The van der Waals surface area contributed by atoms with E-state index in [1.807, 2.05) is 18.9 Å². The number of hydrogen-bond donors (Lipinski definition) is 2. The Morgan fingerprint density at radius 1 is 0.725 bits per heavy atom. The zero-order chi connectivity index (χ0) is 29.4. The Kier molecular flexibility index (Phi) is 19.1. The fourth-order valence-electron chi connectivity index (χ4n) is 4.14. The Bertz CT molecular complexity index is 1070. The molecule has 0 aromatic heterocycles. The summed E-state index contributed by atoms with van der Waals surface area (Å²) in [6.07, 6.45) is 7.11. The highest BCUT2D eigenvalue weighted by molar-refractivity contribution is 7.99. The number of carbonyl (C=O) groups is 3. The van der Waals surface area contributed by atoms with E-state index in [1.54, 1.807) is 11.8 Å². The lowest BCUT2D eigenvalue weighted by Crippen LogP contribution is -2.37. The Morgan fingerprint density at radius 2 is 1.27 bits per heavy atom. The van der Waals surface area contributed by atoms with E-state index >= 15 is 0 Å². The highest BCUT2D eigenvalue weighted by Crippen LogP contribution is 2.22. The van der Waals surface area contributed by atoms with Crippen LogP contribution in [0.3, 0.4) is 0 Å². The molecule has 6 heteroatoms. The summed E-state index contributed by atoms with van der Waals surface area (Å²) in [7, 11) is 0. The predicted octanol–water partition coefficient (Wildman–Crippen LogP) is 7.53. The van der Waals surface area contributed by atoms with Gasteiger partial charge >= 0.3 is 5.97 Å². The summed E-state index contributed by atoms with van der Waals surface area (Å²) < 4.78 is 0. The van der Waals surface area contributed by atoms with E-state index in [2.05, 4.69) is 91.3 Å². The van der Waals surface area contributed by atoms with Crippen molar-refractivity contribution in [1.29, 1.82) is 0 Å². The first kappa shape index (κ1) is 34.4. The number of unbranched alkanes of at least 4 members (excludes halogenated alkanes) is 3. The number of hydrogen-bond acceptors (Lipinski definition) is 4. The van der Waals surface area contributed by atoms with Gasteiger partial charge in [0.2, 0.25) is 5.91 Å². The van der Waals surface area contributed by atoms with Gasteiger partial charge in [-0.3, -0.25) is 9.59 Å². The SMILES string of the molecule is C=C.C=O.O=C(O)CCC(CSc1ccc(Cc2ccccc2)cc1)NC(=O)CCCCCCc1ccccc1. The molecule has 0 aliphatic carbocycles. The minimum absolute atomic E-state index is 0.0206. The molecule has 0 saturated carbocycles. The molecular formula is C34H43NO4S. The average molecular weight is 562 g/mol. The van der Waals surface area contributed by atoms with Crippen molar-refractivity contribution in [1.82, 2.24) is 5.32 Å². The van der Waals surface area contributed by atoms with E-state index in [4.69, 9.17) is 9.90 Å². The van der Waals surface area contributed by atoms with Crippen LogP contribution < -0.4 is 5.32 Å². The number of aryl methyl sites for hydroxylation is 1. The molecule has 1 amide bonds. The lowest BCUT2D eigenvalue weighted by molar-refractivity contribution is -0.137. The summed E-state index contributed by atoms with van der Waals surface area (Å²) in [6.45, 7) is 8.00. The Morgan fingerprint density at radius 3 is 1.88 bits per heavy atom. The maximum absolute atomic E-state index is 12.5. The number of rotatable bonds is 16. The Hall–Kier alpha value is -3.64. The first-order chi connectivity index (χ1) is 19.6. The highest BCUT2D eigenvalue weighted by atomic mass is 32.2. The number of aliphatic carboxylic acids is 1. The molecule has 40 heavy (non-hydrogen) atoms. The summed E-state index contributed by atoms with van der Waals surface area (Å²) in [5.74, 6) is -0.149. The van der Waals surface area contributed by atoms with Crippen molar-refractivity contribution in [3.63, 3.8) is 0 Å². The van der Waals surface area contributed by atoms with Crippen LogP contribution in [0.25, 0.3) is 0 Å². The molecule has 1 atom stereocenters. The van der Waals surface area contributed by atoms with Crippen LogP contribution in [0.4, 0.5) is 0 Å². The van der Waals surface area contributed by atoms with Crippen molar-refractivity contribution < 1.29 is 19.5 Å². The Balaban J connectivity index is 0.00000191. The van der Waals surface area contributed by atoms with Gasteiger partial charge in [0.1, 0.15) is 6.79 Å². The molecule has 0 bridgehead atoms. The summed E-state index contributed by atoms with van der Waals surface area (Å²) in [5.41, 5.74) is 3.90. The first-order valence-corrected chi connectivity index (χ1v) is 14.7. The van der Waals surface area contributed by atoms with Crippen molar-refractivity contribution in [2.24, 2.45) is 0 Å². The average Bonchev–Trinajstić information content (AvgIpc) is 3.00. The van der Waals surface area contributed by atoms with Gasteiger partial charge in [0.15, 0.2) is 0 Å². The van der Waals surface area contributed by atoms with Crippen LogP contribution in [0.15, 0.2) is 103 Å². The van der Waals surface area contributed by atoms with Crippen molar-refractivity contribution in [2.45, 2.75) is 68.7 Å². The van der Waals surface area contributed by atoms with E-state index < -0.39 is 5.97 Å². The van der Waals surface area contributed by atoms with Crippen LogP contribution in [-0.2, 0) is 27.2 Å². The van der Waals surface area contributed by atoms with Crippen LogP contribution in [0.1, 0.15) is 61.6 Å².